The summed E-state index contributed by atoms with van der Waals surface area (Å²) in [5.74, 6) is -0.760. The number of halogens is 2. The molecule has 0 saturated heterocycles. The van der Waals surface area contributed by atoms with E-state index in [1.54, 1.807) is 18.2 Å². The first-order chi connectivity index (χ1) is 14.3. The number of ether oxygens (including phenoxy) is 1. The highest BCUT2D eigenvalue weighted by Crippen LogP contribution is 2.35. The van der Waals surface area contributed by atoms with Crippen LogP contribution in [-0.2, 0) is 14.3 Å². The first kappa shape index (κ1) is 22.3. The fraction of sp³-hybridized carbons (Fsp3) is 0.304. The molecule has 0 aromatic heterocycles. The Morgan fingerprint density at radius 3 is 2.33 bits per heavy atom. The Morgan fingerprint density at radius 2 is 1.70 bits per heavy atom. The van der Waals surface area contributed by atoms with Crippen LogP contribution in [0.5, 0.6) is 0 Å². The smallest absolute Gasteiger partial charge is 0.278 e. The summed E-state index contributed by atoms with van der Waals surface area (Å²) in [7, 11) is 0. The van der Waals surface area contributed by atoms with Crippen LogP contribution >= 0.6 is 23.2 Å². The summed E-state index contributed by atoms with van der Waals surface area (Å²) < 4.78 is 5.34. The quantitative estimate of drug-likeness (QED) is 0.445. The number of carbonyl (C=O) groups excluding carboxylic acids is 2. The lowest BCUT2D eigenvalue weighted by Crippen LogP contribution is -2.34. The maximum Gasteiger partial charge on any atom is 0.278 e. The van der Waals surface area contributed by atoms with Crippen molar-refractivity contribution in [2.45, 2.75) is 27.2 Å². The van der Waals surface area contributed by atoms with Crippen LogP contribution in [-0.4, -0.2) is 36.5 Å². The molecule has 2 aromatic rings. The first-order valence-corrected chi connectivity index (χ1v) is 10.6. The lowest BCUT2D eigenvalue weighted by atomic mass is 10.0. The number of hydrogen-bond acceptors (Lipinski definition) is 4. The van der Waals surface area contributed by atoms with E-state index >= 15 is 0 Å². The van der Waals surface area contributed by atoms with Gasteiger partial charge in [-0.3, -0.25) is 14.5 Å². The summed E-state index contributed by atoms with van der Waals surface area (Å²) in [6.45, 7) is 7.19. The molecule has 3 rings (SSSR count). The summed E-state index contributed by atoms with van der Waals surface area (Å²) in [5, 5.41) is 3.94. The van der Waals surface area contributed by atoms with E-state index in [4.69, 9.17) is 27.9 Å². The number of nitrogens with zero attached hydrogens (tertiary/aromatic N) is 1. The van der Waals surface area contributed by atoms with Crippen LogP contribution in [0, 0.1) is 13.8 Å². The zero-order chi connectivity index (χ0) is 21.8. The van der Waals surface area contributed by atoms with Crippen LogP contribution in [0.3, 0.4) is 0 Å². The molecule has 0 atom stereocenters. The fourth-order valence-corrected chi connectivity index (χ4v) is 4.00. The van der Waals surface area contributed by atoms with Crippen LogP contribution < -0.4 is 5.32 Å². The average Bonchev–Trinajstić information content (AvgIpc) is 2.89. The molecule has 0 spiro atoms. The molecule has 0 radical (unpaired) electrons. The summed E-state index contributed by atoms with van der Waals surface area (Å²) >= 11 is 12.4. The molecule has 0 saturated carbocycles. The van der Waals surface area contributed by atoms with Crippen molar-refractivity contribution in [1.82, 2.24) is 4.90 Å². The molecule has 1 aliphatic rings. The molecular formula is C23H24Cl2N2O3. The number of aryl methyl sites for hydroxylation is 2. The van der Waals surface area contributed by atoms with E-state index in [1.165, 1.54) is 4.90 Å². The molecule has 0 bridgehead atoms. The van der Waals surface area contributed by atoms with Crippen molar-refractivity contribution < 1.29 is 14.3 Å². The predicted octanol–water partition coefficient (Wildman–Crippen LogP) is 5.23. The van der Waals surface area contributed by atoms with Crippen molar-refractivity contribution in [1.29, 1.82) is 0 Å². The highest BCUT2D eigenvalue weighted by molar-refractivity contribution is 6.41. The Morgan fingerprint density at radius 1 is 1.00 bits per heavy atom. The molecule has 2 amide bonds. The van der Waals surface area contributed by atoms with Crippen molar-refractivity contribution in [2.75, 3.05) is 25.1 Å². The van der Waals surface area contributed by atoms with Gasteiger partial charge < -0.3 is 10.1 Å². The van der Waals surface area contributed by atoms with Gasteiger partial charge in [0.15, 0.2) is 0 Å². The number of anilines is 1. The second kappa shape index (κ2) is 9.65. The van der Waals surface area contributed by atoms with Crippen LogP contribution in [0.15, 0.2) is 42.1 Å². The second-order valence-electron chi connectivity index (χ2n) is 7.19. The van der Waals surface area contributed by atoms with Gasteiger partial charge in [0.1, 0.15) is 5.70 Å². The molecule has 1 aliphatic heterocycles. The number of hydrogen-bond donors (Lipinski definition) is 1. The lowest BCUT2D eigenvalue weighted by Gasteiger charge is -2.15. The van der Waals surface area contributed by atoms with E-state index in [0.29, 0.717) is 35.2 Å². The maximum atomic E-state index is 13.2. The minimum Gasteiger partial charge on any atom is -0.382 e. The van der Waals surface area contributed by atoms with Crippen LogP contribution in [0.1, 0.15) is 30.0 Å². The maximum absolute atomic E-state index is 13.2. The standard InChI is InChI=1S/C23H24Cl2N2O3/c1-4-30-9-5-8-27-22(28)20(18-7-6-16(24)13-19(18)25)21(23(27)29)26-17-11-14(2)10-15(3)12-17/h6-7,10-13,26H,4-5,8-9H2,1-3H3. The Kier molecular flexibility index (Phi) is 7.19. The summed E-state index contributed by atoms with van der Waals surface area (Å²) in [5.41, 5.74) is 3.77. The topological polar surface area (TPSA) is 58.6 Å². The Hall–Kier alpha value is -2.34. The average molecular weight is 447 g/mol. The van der Waals surface area contributed by atoms with Gasteiger partial charge in [0, 0.05) is 36.0 Å². The van der Waals surface area contributed by atoms with Gasteiger partial charge in [0.25, 0.3) is 11.8 Å². The number of rotatable bonds is 8. The van der Waals surface area contributed by atoms with Crippen molar-refractivity contribution in [3.05, 3.63) is 68.8 Å². The van der Waals surface area contributed by atoms with Crippen molar-refractivity contribution >= 4 is 46.3 Å². The summed E-state index contributed by atoms with van der Waals surface area (Å²) in [6.07, 6.45) is 0.559. The van der Waals surface area contributed by atoms with Gasteiger partial charge >= 0.3 is 0 Å². The van der Waals surface area contributed by atoms with Gasteiger partial charge in [-0.1, -0.05) is 35.3 Å². The van der Waals surface area contributed by atoms with Gasteiger partial charge in [-0.2, -0.15) is 0 Å². The molecule has 7 heteroatoms. The van der Waals surface area contributed by atoms with E-state index < -0.39 is 0 Å². The van der Waals surface area contributed by atoms with E-state index in [1.807, 2.05) is 39.0 Å². The third kappa shape index (κ3) is 4.86. The van der Waals surface area contributed by atoms with Crippen LogP contribution in [0.2, 0.25) is 10.0 Å². The second-order valence-corrected chi connectivity index (χ2v) is 8.03. The van der Waals surface area contributed by atoms with Crippen LogP contribution in [0.4, 0.5) is 5.69 Å². The number of nitrogens with one attached hydrogen (secondary N) is 1. The third-order valence-corrected chi connectivity index (χ3v) is 5.28. The molecule has 5 nitrogen and oxygen atoms in total. The van der Waals surface area contributed by atoms with Crippen molar-refractivity contribution in [2.24, 2.45) is 0 Å². The molecule has 0 fully saturated rings. The highest BCUT2D eigenvalue weighted by Gasteiger charge is 2.39. The fourth-order valence-electron chi connectivity index (χ4n) is 3.50. The van der Waals surface area contributed by atoms with Crippen LogP contribution in [0.25, 0.3) is 5.57 Å². The first-order valence-electron chi connectivity index (χ1n) is 9.80. The largest absolute Gasteiger partial charge is 0.382 e. The third-order valence-electron chi connectivity index (χ3n) is 4.73. The zero-order valence-electron chi connectivity index (χ0n) is 17.2. The van der Waals surface area contributed by atoms with Crippen molar-refractivity contribution in [3.8, 4) is 0 Å². The number of carbonyl (C=O) groups is 2. The Balaban J connectivity index is 2.01. The molecule has 0 aliphatic carbocycles. The predicted molar refractivity (Wildman–Crippen MR) is 121 cm³/mol. The molecular weight excluding hydrogens is 423 g/mol. The Bertz CT molecular complexity index is 997. The Labute approximate surface area is 186 Å². The number of amides is 2. The number of imide groups is 1. The van der Waals surface area contributed by atoms with E-state index in [9.17, 15) is 9.59 Å². The van der Waals surface area contributed by atoms with E-state index in [0.717, 1.165) is 16.8 Å². The monoisotopic (exact) mass is 446 g/mol. The molecule has 30 heavy (non-hydrogen) atoms. The molecule has 0 unspecified atom stereocenters. The van der Waals surface area contributed by atoms with E-state index in [2.05, 4.69) is 5.32 Å². The molecule has 158 valence electrons. The van der Waals surface area contributed by atoms with Gasteiger partial charge in [0.05, 0.1) is 10.6 Å². The molecule has 1 heterocycles. The van der Waals surface area contributed by atoms with Gasteiger partial charge in [-0.05, 0) is 62.6 Å². The summed E-state index contributed by atoms with van der Waals surface area (Å²) in [6, 6.07) is 10.8. The minimum absolute atomic E-state index is 0.214. The van der Waals surface area contributed by atoms with Gasteiger partial charge in [-0.25, -0.2) is 0 Å². The molecule has 1 N–H and O–H groups in total. The SMILES string of the molecule is CCOCCCN1C(=O)C(Nc2cc(C)cc(C)c2)=C(c2ccc(Cl)cc2Cl)C1=O. The van der Waals surface area contributed by atoms with Gasteiger partial charge in [0.2, 0.25) is 0 Å². The van der Waals surface area contributed by atoms with Crippen molar-refractivity contribution in [3.63, 3.8) is 0 Å². The summed E-state index contributed by atoms with van der Waals surface area (Å²) in [4.78, 5) is 27.7. The zero-order valence-corrected chi connectivity index (χ0v) is 18.7. The minimum atomic E-state index is -0.382. The van der Waals surface area contributed by atoms with Gasteiger partial charge in [-0.15, -0.1) is 0 Å². The molecule has 2 aromatic carbocycles. The van der Waals surface area contributed by atoms with E-state index in [-0.39, 0.29) is 29.6 Å². The highest BCUT2D eigenvalue weighted by atomic mass is 35.5. The lowest BCUT2D eigenvalue weighted by molar-refractivity contribution is -0.137. The number of benzene rings is 2. The normalized spacial score (nSPS) is 14.1.